The molecule has 0 aromatic heterocycles. The molecule has 20 heavy (non-hydrogen) atoms. The molecular weight excluding hydrogens is 290 g/mol. The minimum Gasteiger partial charge on any atom is -0.211 e. The van der Waals surface area contributed by atoms with Gasteiger partial charge in [-0.1, -0.05) is 36.4 Å². The third kappa shape index (κ3) is 4.67. The van der Waals surface area contributed by atoms with Gasteiger partial charge in [0.05, 0.1) is 4.90 Å². The Morgan fingerprint density at radius 1 is 0.900 bits per heavy atom. The number of hydrogen-bond acceptors (Lipinski definition) is 3. The van der Waals surface area contributed by atoms with Gasteiger partial charge in [0.15, 0.2) is 0 Å². The Kier molecular flexibility index (Phi) is 5.64. The highest BCUT2D eigenvalue weighted by molar-refractivity contribution is 7.99. The van der Waals surface area contributed by atoms with Crippen molar-refractivity contribution in [2.45, 2.75) is 16.2 Å². The highest BCUT2D eigenvalue weighted by Gasteiger charge is 2.11. The van der Waals surface area contributed by atoms with Crippen molar-refractivity contribution in [2.75, 3.05) is 12.3 Å². The molecule has 0 aliphatic carbocycles. The molecule has 3 nitrogen and oxygen atoms in total. The van der Waals surface area contributed by atoms with E-state index in [1.54, 1.807) is 42.1 Å². The molecule has 2 rings (SSSR count). The van der Waals surface area contributed by atoms with Crippen LogP contribution in [0.1, 0.15) is 6.42 Å². The molecule has 0 unspecified atom stereocenters. The summed E-state index contributed by atoms with van der Waals surface area (Å²) in [6, 6.07) is 18.5. The second-order valence-electron chi connectivity index (χ2n) is 4.23. The van der Waals surface area contributed by atoms with E-state index in [0.717, 1.165) is 12.2 Å². The van der Waals surface area contributed by atoms with E-state index in [9.17, 15) is 8.42 Å². The third-order valence-corrected chi connectivity index (χ3v) is 5.25. The lowest BCUT2D eigenvalue weighted by atomic mass is 10.4. The molecule has 2 aromatic rings. The fraction of sp³-hybridized carbons (Fsp3) is 0.200. The second kappa shape index (κ2) is 7.47. The Balaban J connectivity index is 1.74. The van der Waals surface area contributed by atoms with Crippen molar-refractivity contribution >= 4 is 21.8 Å². The average molecular weight is 307 g/mol. The van der Waals surface area contributed by atoms with Gasteiger partial charge in [-0.25, -0.2) is 13.1 Å². The van der Waals surface area contributed by atoms with Crippen LogP contribution >= 0.6 is 11.8 Å². The van der Waals surface area contributed by atoms with Crippen molar-refractivity contribution in [3.05, 3.63) is 60.7 Å². The van der Waals surface area contributed by atoms with E-state index in [1.807, 2.05) is 18.2 Å². The maximum Gasteiger partial charge on any atom is 0.240 e. The first kappa shape index (κ1) is 15.1. The van der Waals surface area contributed by atoms with Crippen LogP contribution in [0, 0.1) is 0 Å². The van der Waals surface area contributed by atoms with Crippen LogP contribution in [0.3, 0.4) is 0 Å². The van der Waals surface area contributed by atoms with Crippen LogP contribution in [-0.2, 0) is 10.0 Å². The van der Waals surface area contributed by atoms with Gasteiger partial charge in [-0.3, -0.25) is 0 Å². The fourth-order valence-electron chi connectivity index (χ4n) is 1.67. The van der Waals surface area contributed by atoms with Crippen LogP contribution in [0.2, 0.25) is 0 Å². The first-order valence-corrected chi connectivity index (χ1v) is 8.88. The molecule has 0 atom stereocenters. The highest BCUT2D eigenvalue weighted by atomic mass is 32.2. The first-order chi connectivity index (χ1) is 9.68. The van der Waals surface area contributed by atoms with Gasteiger partial charge in [-0.15, -0.1) is 11.8 Å². The van der Waals surface area contributed by atoms with Gasteiger partial charge in [0, 0.05) is 11.4 Å². The largest absolute Gasteiger partial charge is 0.240 e. The van der Waals surface area contributed by atoms with Crippen molar-refractivity contribution in [3.8, 4) is 0 Å². The van der Waals surface area contributed by atoms with Gasteiger partial charge < -0.3 is 0 Å². The Morgan fingerprint density at radius 3 is 2.15 bits per heavy atom. The molecule has 0 aliphatic rings. The molecule has 0 spiro atoms. The predicted molar refractivity (Wildman–Crippen MR) is 83.4 cm³/mol. The Morgan fingerprint density at radius 2 is 1.50 bits per heavy atom. The number of sulfonamides is 1. The molecule has 0 heterocycles. The van der Waals surface area contributed by atoms with Crippen LogP contribution in [0.4, 0.5) is 0 Å². The monoisotopic (exact) mass is 307 g/mol. The van der Waals surface area contributed by atoms with Crippen molar-refractivity contribution in [1.29, 1.82) is 0 Å². The van der Waals surface area contributed by atoms with E-state index < -0.39 is 10.0 Å². The Bertz CT molecular complexity index is 613. The summed E-state index contributed by atoms with van der Waals surface area (Å²) in [7, 11) is -3.36. The quantitative estimate of drug-likeness (QED) is 0.631. The third-order valence-electron chi connectivity index (χ3n) is 2.68. The van der Waals surface area contributed by atoms with Crippen molar-refractivity contribution in [3.63, 3.8) is 0 Å². The zero-order valence-electron chi connectivity index (χ0n) is 11.0. The number of nitrogens with one attached hydrogen (secondary N) is 1. The zero-order chi connectivity index (χ0) is 14.3. The number of benzene rings is 2. The normalized spacial score (nSPS) is 11.4. The number of hydrogen-bond donors (Lipinski definition) is 1. The smallest absolute Gasteiger partial charge is 0.211 e. The Hall–Kier alpha value is -1.30. The van der Waals surface area contributed by atoms with Crippen LogP contribution < -0.4 is 4.72 Å². The summed E-state index contributed by atoms with van der Waals surface area (Å²) in [5.41, 5.74) is 0. The standard InChI is InChI=1S/C15H17NO2S2/c17-20(18,15-10-5-2-6-11-15)16-12-7-13-19-14-8-3-1-4-9-14/h1-6,8-11,16H,7,12-13H2. The van der Waals surface area contributed by atoms with Crippen LogP contribution in [-0.4, -0.2) is 20.7 Å². The van der Waals surface area contributed by atoms with Crippen LogP contribution in [0.25, 0.3) is 0 Å². The molecule has 0 fully saturated rings. The number of thioether (sulfide) groups is 1. The molecule has 5 heteroatoms. The average Bonchev–Trinajstić information content (AvgIpc) is 2.49. The molecule has 0 bridgehead atoms. The fourth-order valence-corrected chi connectivity index (χ4v) is 3.64. The summed E-state index contributed by atoms with van der Waals surface area (Å²) in [5.74, 6) is 0.890. The lowest BCUT2D eigenvalue weighted by Crippen LogP contribution is -2.25. The molecule has 0 amide bonds. The second-order valence-corrected chi connectivity index (χ2v) is 7.16. The van der Waals surface area contributed by atoms with Gasteiger partial charge in [-0.05, 0) is 36.4 Å². The van der Waals surface area contributed by atoms with E-state index in [0.29, 0.717) is 11.4 Å². The molecule has 106 valence electrons. The van der Waals surface area contributed by atoms with Gasteiger partial charge in [-0.2, -0.15) is 0 Å². The molecule has 0 saturated heterocycles. The summed E-state index contributed by atoms with van der Waals surface area (Å²) in [4.78, 5) is 1.52. The van der Waals surface area contributed by atoms with E-state index in [1.165, 1.54) is 4.90 Å². The van der Waals surface area contributed by atoms with E-state index >= 15 is 0 Å². The predicted octanol–water partition coefficient (Wildman–Crippen LogP) is 3.15. The topological polar surface area (TPSA) is 46.2 Å². The molecular formula is C15H17NO2S2. The summed E-state index contributed by atoms with van der Waals surface area (Å²) in [6.07, 6.45) is 0.797. The summed E-state index contributed by atoms with van der Waals surface area (Å²) >= 11 is 1.73. The molecule has 0 radical (unpaired) electrons. The van der Waals surface area contributed by atoms with Gasteiger partial charge in [0.1, 0.15) is 0 Å². The molecule has 0 saturated carbocycles. The Labute approximate surface area is 124 Å². The van der Waals surface area contributed by atoms with Crippen molar-refractivity contribution < 1.29 is 8.42 Å². The van der Waals surface area contributed by atoms with Crippen molar-refractivity contribution in [2.24, 2.45) is 0 Å². The molecule has 2 aromatic carbocycles. The van der Waals surface area contributed by atoms with Gasteiger partial charge in [0.2, 0.25) is 10.0 Å². The lowest BCUT2D eigenvalue weighted by Gasteiger charge is -2.06. The van der Waals surface area contributed by atoms with E-state index in [-0.39, 0.29) is 0 Å². The first-order valence-electron chi connectivity index (χ1n) is 6.41. The molecule has 0 aliphatic heterocycles. The van der Waals surface area contributed by atoms with Crippen molar-refractivity contribution in [1.82, 2.24) is 4.72 Å². The lowest BCUT2D eigenvalue weighted by molar-refractivity contribution is 0.581. The maximum atomic E-state index is 11.9. The zero-order valence-corrected chi connectivity index (χ0v) is 12.7. The van der Waals surface area contributed by atoms with Crippen LogP contribution in [0.15, 0.2) is 70.5 Å². The maximum absolute atomic E-state index is 11.9. The SMILES string of the molecule is O=S(=O)(NCCCSc1ccccc1)c1ccccc1. The van der Waals surface area contributed by atoms with Crippen LogP contribution in [0.5, 0.6) is 0 Å². The van der Waals surface area contributed by atoms with E-state index in [2.05, 4.69) is 16.9 Å². The minimum atomic E-state index is -3.36. The minimum absolute atomic E-state index is 0.315. The van der Waals surface area contributed by atoms with Gasteiger partial charge >= 0.3 is 0 Å². The summed E-state index contributed by atoms with van der Waals surface area (Å²) < 4.78 is 26.5. The molecule has 1 N–H and O–H groups in total. The highest BCUT2D eigenvalue weighted by Crippen LogP contribution is 2.17. The van der Waals surface area contributed by atoms with E-state index in [4.69, 9.17) is 0 Å². The summed E-state index contributed by atoms with van der Waals surface area (Å²) in [6.45, 7) is 0.455. The van der Waals surface area contributed by atoms with Gasteiger partial charge in [0.25, 0.3) is 0 Å². The number of rotatable bonds is 7. The summed E-state index contributed by atoms with van der Waals surface area (Å²) in [5, 5.41) is 0.